The number of aliphatic hydroxyl groups excluding tert-OH is 1. The zero-order valence-electron chi connectivity index (χ0n) is 12.5. The molecule has 6 nitrogen and oxygen atoms in total. The molecular weight excluding hydrogens is 268 g/mol. The zero-order valence-corrected chi connectivity index (χ0v) is 12.5. The molecule has 0 saturated heterocycles. The lowest BCUT2D eigenvalue weighted by atomic mass is 10.2. The van der Waals surface area contributed by atoms with Gasteiger partial charge in [0.05, 0.1) is 0 Å². The van der Waals surface area contributed by atoms with Gasteiger partial charge < -0.3 is 19.7 Å². The number of aryl methyl sites for hydroxylation is 2. The molecule has 114 valence electrons. The maximum Gasteiger partial charge on any atom is 0.133 e. The molecule has 0 bridgehead atoms. The quantitative estimate of drug-likeness (QED) is 0.700. The van der Waals surface area contributed by atoms with Crippen LogP contribution in [0.1, 0.15) is 11.4 Å². The van der Waals surface area contributed by atoms with Gasteiger partial charge in [0.1, 0.15) is 30.6 Å². The SMILES string of the molecule is Cc1ccccc1OCC(O)CNCCc1nncn1C. The first kappa shape index (κ1) is 15.5. The number of para-hydroxylation sites is 1. The van der Waals surface area contributed by atoms with Gasteiger partial charge in [-0.15, -0.1) is 10.2 Å². The summed E-state index contributed by atoms with van der Waals surface area (Å²) in [5.41, 5.74) is 1.07. The van der Waals surface area contributed by atoms with Crippen molar-refractivity contribution in [2.45, 2.75) is 19.4 Å². The zero-order chi connectivity index (χ0) is 15.1. The maximum atomic E-state index is 9.89. The van der Waals surface area contributed by atoms with Crippen LogP contribution in [-0.4, -0.2) is 45.7 Å². The van der Waals surface area contributed by atoms with Crippen LogP contribution in [0.15, 0.2) is 30.6 Å². The Kier molecular flexibility index (Phi) is 5.71. The highest BCUT2D eigenvalue weighted by Crippen LogP contribution is 2.16. The first-order valence-electron chi connectivity index (χ1n) is 7.07. The first-order valence-corrected chi connectivity index (χ1v) is 7.07. The highest BCUT2D eigenvalue weighted by Gasteiger charge is 2.06. The molecule has 0 spiro atoms. The third-order valence-electron chi connectivity index (χ3n) is 3.24. The topological polar surface area (TPSA) is 72.2 Å². The summed E-state index contributed by atoms with van der Waals surface area (Å²) in [6.45, 7) is 3.50. The molecule has 1 heterocycles. The maximum absolute atomic E-state index is 9.89. The average molecular weight is 290 g/mol. The van der Waals surface area contributed by atoms with Crippen molar-refractivity contribution in [3.63, 3.8) is 0 Å². The minimum Gasteiger partial charge on any atom is -0.491 e. The average Bonchev–Trinajstić information content (AvgIpc) is 2.88. The van der Waals surface area contributed by atoms with Crippen molar-refractivity contribution in [3.05, 3.63) is 42.0 Å². The Balaban J connectivity index is 1.63. The molecule has 6 heteroatoms. The van der Waals surface area contributed by atoms with Crippen molar-refractivity contribution in [3.8, 4) is 5.75 Å². The van der Waals surface area contributed by atoms with Gasteiger partial charge in [-0.1, -0.05) is 18.2 Å². The van der Waals surface area contributed by atoms with Crippen molar-refractivity contribution in [1.82, 2.24) is 20.1 Å². The van der Waals surface area contributed by atoms with E-state index in [-0.39, 0.29) is 6.61 Å². The number of hydrogen-bond donors (Lipinski definition) is 2. The van der Waals surface area contributed by atoms with E-state index in [2.05, 4.69) is 15.5 Å². The number of hydrogen-bond acceptors (Lipinski definition) is 5. The molecular formula is C15H22N4O2. The van der Waals surface area contributed by atoms with Crippen LogP contribution in [0.4, 0.5) is 0 Å². The molecule has 0 radical (unpaired) electrons. The van der Waals surface area contributed by atoms with Gasteiger partial charge >= 0.3 is 0 Å². The van der Waals surface area contributed by atoms with Gasteiger partial charge in [0.15, 0.2) is 0 Å². The largest absolute Gasteiger partial charge is 0.491 e. The van der Waals surface area contributed by atoms with E-state index in [1.54, 1.807) is 6.33 Å². The van der Waals surface area contributed by atoms with E-state index in [0.717, 1.165) is 30.1 Å². The smallest absolute Gasteiger partial charge is 0.133 e. The molecule has 0 amide bonds. The second kappa shape index (κ2) is 7.75. The van der Waals surface area contributed by atoms with Gasteiger partial charge in [0.25, 0.3) is 0 Å². The first-order chi connectivity index (χ1) is 10.2. The van der Waals surface area contributed by atoms with Gasteiger partial charge in [-0.3, -0.25) is 0 Å². The number of nitrogens with one attached hydrogen (secondary N) is 1. The van der Waals surface area contributed by atoms with Crippen molar-refractivity contribution < 1.29 is 9.84 Å². The molecule has 0 aliphatic rings. The molecule has 1 unspecified atom stereocenters. The number of nitrogens with zero attached hydrogens (tertiary/aromatic N) is 3. The van der Waals surface area contributed by atoms with E-state index in [9.17, 15) is 5.11 Å². The Labute approximate surface area is 124 Å². The van der Waals surface area contributed by atoms with Crippen LogP contribution in [0.2, 0.25) is 0 Å². The van der Waals surface area contributed by atoms with E-state index in [4.69, 9.17) is 4.74 Å². The Morgan fingerprint density at radius 2 is 2.19 bits per heavy atom. The molecule has 1 aromatic carbocycles. The van der Waals surface area contributed by atoms with Crippen LogP contribution in [0, 0.1) is 6.92 Å². The fourth-order valence-corrected chi connectivity index (χ4v) is 1.97. The molecule has 2 aromatic rings. The molecule has 0 fully saturated rings. The van der Waals surface area contributed by atoms with E-state index in [0.29, 0.717) is 6.54 Å². The van der Waals surface area contributed by atoms with Gasteiger partial charge in [0.2, 0.25) is 0 Å². The number of rotatable bonds is 8. The number of aromatic nitrogens is 3. The van der Waals surface area contributed by atoms with Crippen LogP contribution in [0.25, 0.3) is 0 Å². The predicted octanol–water partition coefficient (Wildman–Crippen LogP) is 0.696. The van der Waals surface area contributed by atoms with Gasteiger partial charge in [-0.25, -0.2) is 0 Å². The molecule has 0 aliphatic heterocycles. The molecule has 0 aliphatic carbocycles. The standard InChI is InChI=1S/C15H22N4O2/c1-12-5-3-4-6-14(12)21-10-13(20)9-16-8-7-15-18-17-11-19(15)2/h3-6,11,13,16,20H,7-10H2,1-2H3. The van der Waals surface area contributed by atoms with E-state index in [1.165, 1.54) is 0 Å². The monoisotopic (exact) mass is 290 g/mol. The summed E-state index contributed by atoms with van der Waals surface area (Å²) in [6.07, 6.45) is 1.92. The molecule has 1 aromatic heterocycles. The van der Waals surface area contributed by atoms with Crippen molar-refractivity contribution in [2.75, 3.05) is 19.7 Å². The summed E-state index contributed by atoms with van der Waals surface area (Å²) in [5.74, 6) is 1.74. The normalized spacial score (nSPS) is 12.3. The van der Waals surface area contributed by atoms with E-state index in [1.807, 2.05) is 42.8 Å². The van der Waals surface area contributed by atoms with Gasteiger partial charge in [-0.2, -0.15) is 0 Å². The molecule has 21 heavy (non-hydrogen) atoms. The van der Waals surface area contributed by atoms with Crippen molar-refractivity contribution >= 4 is 0 Å². The predicted molar refractivity (Wildman–Crippen MR) is 80.3 cm³/mol. The number of ether oxygens (including phenoxy) is 1. The van der Waals surface area contributed by atoms with Crippen LogP contribution in [-0.2, 0) is 13.5 Å². The second-order valence-electron chi connectivity index (χ2n) is 5.04. The lowest BCUT2D eigenvalue weighted by Crippen LogP contribution is -2.32. The minimum absolute atomic E-state index is 0.280. The summed E-state index contributed by atoms with van der Waals surface area (Å²) in [5, 5.41) is 20.9. The van der Waals surface area contributed by atoms with Crippen molar-refractivity contribution in [1.29, 1.82) is 0 Å². The lowest BCUT2D eigenvalue weighted by Gasteiger charge is -2.14. The number of benzene rings is 1. The minimum atomic E-state index is -0.538. The van der Waals surface area contributed by atoms with Gasteiger partial charge in [0, 0.05) is 26.6 Å². The third kappa shape index (κ3) is 4.84. The number of aliphatic hydroxyl groups is 1. The summed E-state index contributed by atoms with van der Waals surface area (Å²) in [4.78, 5) is 0. The summed E-state index contributed by atoms with van der Waals surface area (Å²) >= 11 is 0. The fourth-order valence-electron chi connectivity index (χ4n) is 1.97. The Hall–Kier alpha value is -1.92. The Morgan fingerprint density at radius 1 is 1.38 bits per heavy atom. The lowest BCUT2D eigenvalue weighted by molar-refractivity contribution is 0.106. The second-order valence-corrected chi connectivity index (χ2v) is 5.04. The van der Waals surface area contributed by atoms with Crippen LogP contribution >= 0.6 is 0 Å². The summed E-state index contributed by atoms with van der Waals surface area (Å²) < 4.78 is 7.49. The Morgan fingerprint density at radius 3 is 2.90 bits per heavy atom. The Bertz CT molecular complexity index is 556. The fraction of sp³-hybridized carbons (Fsp3) is 0.467. The highest BCUT2D eigenvalue weighted by atomic mass is 16.5. The third-order valence-corrected chi connectivity index (χ3v) is 3.24. The van der Waals surface area contributed by atoms with Crippen molar-refractivity contribution in [2.24, 2.45) is 7.05 Å². The van der Waals surface area contributed by atoms with E-state index < -0.39 is 6.10 Å². The highest BCUT2D eigenvalue weighted by molar-refractivity contribution is 5.31. The van der Waals surface area contributed by atoms with Crippen LogP contribution in [0.3, 0.4) is 0 Å². The van der Waals surface area contributed by atoms with Crippen LogP contribution in [0.5, 0.6) is 5.75 Å². The summed E-state index contributed by atoms with van der Waals surface area (Å²) in [6, 6.07) is 7.78. The summed E-state index contributed by atoms with van der Waals surface area (Å²) in [7, 11) is 1.92. The van der Waals surface area contributed by atoms with Crippen LogP contribution < -0.4 is 10.1 Å². The van der Waals surface area contributed by atoms with E-state index >= 15 is 0 Å². The molecule has 0 saturated carbocycles. The molecule has 2 N–H and O–H groups in total. The molecule has 1 atom stereocenters. The molecule has 2 rings (SSSR count). The van der Waals surface area contributed by atoms with Gasteiger partial charge in [-0.05, 0) is 18.6 Å².